The van der Waals surface area contributed by atoms with Crippen LogP contribution in [0.25, 0.3) is 0 Å². The second-order valence-corrected chi connectivity index (χ2v) is 15.2. The van der Waals surface area contributed by atoms with Gasteiger partial charge in [0.1, 0.15) is 54.7 Å². The summed E-state index contributed by atoms with van der Waals surface area (Å²) < 4.78 is 42.1. The summed E-state index contributed by atoms with van der Waals surface area (Å²) in [5, 5.41) is 42.7. The molecule has 0 radical (unpaired) electrons. The summed E-state index contributed by atoms with van der Waals surface area (Å²) in [6.45, 7) is 4.19. The van der Waals surface area contributed by atoms with E-state index in [1.165, 1.54) is 0 Å². The van der Waals surface area contributed by atoms with Crippen molar-refractivity contribution in [3.05, 3.63) is 70.3 Å². The molecule has 1 spiro atoms. The van der Waals surface area contributed by atoms with Crippen LogP contribution >= 0.6 is 0 Å². The van der Waals surface area contributed by atoms with Gasteiger partial charge >= 0.3 is 11.9 Å². The lowest BCUT2D eigenvalue weighted by atomic mass is 9.77. The fraction of sp³-hybridized carbons (Fsp3) is 0.500. The van der Waals surface area contributed by atoms with Crippen LogP contribution in [0.5, 0.6) is 34.5 Å². The number of rotatable bonds is 10. The van der Waals surface area contributed by atoms with E-state index in [-0.39, 0.29) is 50.2 Å². The smallest absolute Gasteiger partial charge is 0.317 e. The third-order valence-electron chi connectivity index (χ3n) is 11.0. The van der Waals surface area contributed by atoms with E-state index in [4.69, 9.17) is 53.8 Å². The molecular formula is C40H45NO15. The number of carbonyl (C=O) groups is 2. The highest BCUT2D eigenvalue weighted by Crippen LogP contribution is 2.58. The van der Waals surface area contributed by atoms with Gasteiger partial charge in [-0.05, 0) is 61.1 Å². The molecule has 1 fully saturated rings. The molecule has 3 aromatic carbocycles. The summed E-state index contributed by atoms with van der Waals surface area (Å²) in [6.07, 6.45) is -6.52. The number of nitrogens with two attached hydrogens (primary N) is 1. The van der Waals surface area contributed by atoms with Gasteiger partial charge in [0.05, 0.1) is 19.1 Å². The zero-order valence-corrected chi connectivity index (χ0v) is 30.9. The van der Waals surface area contributed by atoms with Gasteiger partial charge in [-0.3, -0.25) is 9.59 Å². The minimum absolute atomic E-state index is 0.000246. The number of ether oxygens (including phenoxy) is 7. The fourth-order valence-corrected chi connectivity index (χ4v) is 8.38. The average Bonchev–Trinajstić information content (AvgIpc) is 3.79. The molecule has 5 aliphatic rings. The Morgan fingerprint density at radius 1 is 1.00 bits per heavy atom. The molecule has 5 heterocycles. The summed E-state index contributed by atoms with van der Waals surface area (Å²) in [4.78, 5) is 35.4. The van der Waals surface area contributed by atoms with Crippen molar-refractivity contribution in [1.82, 2.24) is 0 Å². The van der Waals surface area contributed by atoms with Gasteiger partial charge in [-0.2, -0.15) is 4.89 Å². The molecule has 8 rings (SSSR count). The Bertz CT molecular complexity index is 1990. The van der Waals surface area contributed by atoms with E-state index in [0.29, 0.717) is 47.3 Å². The van der Waals surface area contributed by atoms with E-state index in [2.05, 4.69) is 13.8 Å². The van der Waals surface area contributed by atoms with Crippen molar-refractivity contribution in [2.75, 3.05) is 33.2 Å². The van der Waals surface area contributed by atoms with Crippen molar-refractivity contribution in [2.24, 2.45) is 11.7 Å². The first-order valence-corrected chi connectivity index (χ1v) is 18.7. The zero-order chi connectivity index (χ0) is 39.3. The Balaban J connectivity index is 1.16. The standard InChI is InChI=1S/C40H45NO15/c1-19(2)10-26-35-24(13-30-37(26)52-18-51-30)27-16-49-28-12-23-22(20-4-3-5-21(42)11-20)6-7-40(56-55-29(23)14-25(28)36(27)54-35)38(47)34(46)31(53-39(40)48-9-8-41)17-50-33(45)15-32(43)44/h3-5,11-14,19,22,27,31,34,36,38-39,42,46-47H,6-10,15-18,41H2,1-2H3,(H,43,44). The van der Waals surface area contributed by atoms with Crippen molar-refractivity contribution in [3.63, 3.8) is 0 Å². The van der Waals surface area contributed by atoms with E-state index in [0.717, 1.165) is 22.4 Å². The van der Waals surface area contributed by atoms with Gasteiger partial charge in [0.25, 0.3) is 0 Å². The maximum absolute atomic E-state index is 12.0. The monoisotopic (exact) mass is 779 g/mol. The third-order valence-corrected chi connectivity index (χ3v) is 11.0. The lowest BCUT2D eigenvalue weighted by molar-refractivity contribution is -0.422. The molecule has 0 bridgehead atoms. The number of carboxylic acid groups (broad SMARTS) is 1. The molecule has 5 aliphatic heterocycles. The summed E-state index contributed by atoms with van der Waals surface area (Å²) in [5.41, 5.74) is 7.93. The third kappa shape index (κ3) is 6.83. The Morgan fingerprint density at radius 2 is 1.80 bits per heavy atom. The molecule has 300 valence electrons. The zero-order valence-electron chi connectivity index (χ0n) is 30.9. The molecule has 56 heavy (non-hydrogen) atoms. The molecule has 1 saturated heterocycles. The van der Waals surface area contributed by atoms with Gasteiger partial charge in [0.15, 0.2) is 29.1 Å². The number of esters is 1. The van der Waals surface area contributed by atoms with E-state index < -0.39 is 67.2 Å². The van der Waals surface area contributed by atoms with Gasteiger partial charge in [0.2, 0.25) is 6.79 Å². The van der Waals surface area contributed by atoms with Crippen LogP contribution in [-0.2, 0) is 35.1 Å². The second kappa shape index (κ2) is 15.2. The fourth-order valence-electron chi connectivity index (χ4n) is 8.38. The molecule has 6 N–H and O–H groups in total. The quantitative estimate of drug-likeness (QED) is 0.113. The van der Waals surface area contributed by atoms with Crippen LogP contribution in [0.15, 0.2) is 42.5 Å². The maximum atomic E-state index is 12.0. The normalized spacial score (nSPS) is 28.4. The van der Waals surface area contributed by atoms with Crippen molar-refractivity contribution >= 4 is 11.9 Å². The SMILES string of the molecule is CC(C)Cc1c2c(cc3c1OC1c4cc5c(cc4OCC31)C(c1cccc(O)c1)CCC1(OO5)C(OCCN)OC(COC(=O)CC(=O)O)C(O)C1O)OCO2. The first-order chi connectivity index (χ1) is 27.0. The van der Waals surface area contributed by atoms with Crippen molar-refractivity contribution in [2.45, 2.75) is 87.7 Å². The molecule has 0 aromatic heterocycles. The number of phenolic OH excluding ortho intramolecular Hbond substituents is 1. The Labute approximate surface area is 321 Å². The molecule has 8 unspecified atom stereocenters. The second-order valence-electron chi connectivity index (χ2n) is 15.2. The van der Waals surface area contributed by atoms with Crippen LogP contribution in [0.4, 0.5) is 0 Å². The first-order valence-electron chi connectivity index (χ1n) is 18.7. The van der Waals surface area contributed by atoms with Gasteiger partial charge in [0, 0.05) is 34.7 Å². The summed E-state index contributed by atoms with van der Waals surface area (Å²) in [5.74, 6) is 0.237. The lowest BCUT2D eigenvalue weighted by Crippen LogP contribution is -2.69. The number of aromatic hydroxyl groups is 1. The van der Waals surface area contributed by atoms with E-state index >= 15 is 0 Å². The number of hydrogen-bond acceptors (Lipinski definition) is 15. The number of phenols is 1. The molecule has 0 saturated carbocycles. The van der Waals surface area contributed by atoms with Crippen LogP contribution in [0, 0.1) is 5.92 Å². The van der Waals surface area contributed by atoms with Crippen molar-refractivity contribution in [3.8, 4) is 34.5 Å². The number of benzene rings is 3. The number of fused-ring (bicyclic) bond motifs is 7. The summed E-state index contributed by atoms with van der Waals surface area (Å²) in [6, 6.07) is 12.4. The minimum Gasteiger partial charge on any atom is -0.508 e. The number of aliphatic carboxylic acids is 1. The van der Waals surface area contributed by atoms with E-state index in [1.807, 2.05) is 18.2 Å². The number of aliphatic hydroxyl groups is 2. The van der Waals surface area contributed by atoms with E-state index in [1.54, 1.807) is 24.3 Å². The topological polar surface area (TPSA) is 224 Å². The predicted octanol–water partition coefficient (Wildman–Crippen LogP) is 3.34. The highest BCUT2D eigenvalue weighted by atomic mass is 17.2. The minimum atomic E-state index is -1.86. The van der Waals surface area contributed by atoms with Crippen LogP contribution in [0.1, 0.15) is 78.9 Å². The number of carbonyl (C=O) groups excluding carboxylic acids is 1. The number of aliphatic hydroxyl groups excluding tert-OH is 2. The summed E-state index contributed by atoms with van der Waals surface area (Å²) >= 11 is 0. The van der Waals surface area contributed by atoms with Gasteiger partial charge in [-0.25, -0.2) is 0 Å². The van der Waals surface area contributed by atoms with Gasteiger partial charge in [-0.15, -0.1) is 0 Å². The predicted molar refractivity (Wildman–Crippen MR) is 192 cm³/mol. The van der Waals surface area contributed by atoms with Crippen LogP contribution < -0.4 is 29.6 Å². The van der Waals surface area contributed by atoms with E-state index in [9.17, 15) is 24.9 Å². The molecule has 0 amide bonds. The highest BCUT2D eigenvalue weighted by molar-refractivity contribution is 5.90. The molecular weight excluding hydrogens is 734 g/mol. The first kappa shape index (κ1) is 38.1. The van der Waals surface area contributed by atoms with Crippen LogP contribution in [0.3, 0.4) is 0 Å². The van der Waals surface area contributed by atoms with Gasteiger partial charge in [-0.1, -0.05) is 26.0 Å². The lowest BCUT2D eigenvalue weighted by Gasteiger charge is -2.50. The summed E-state index contributed by atoms with van der Waals surface area (Å²) in [7, 11) is 0. The molecule has 16 nitrogen and oxygen atoms in total. The molecule has 0 aliphatic carbocycles. The van der Waals surface area contributed by atoms with Crippen molar-refractivity contribution in [1.29, 1.82) is 0 Å². The number of hydrogen-bond donors (Lipinski definition) is 5. The Kier molecular flexibility index (Phi) is 10.4. The highest BCUT2D eigenvalue weighted by Gasteiger charge is 2.60. The Morgan fingerprint density at radius 3 is 2.57 bits per heavy atom. The maximum Gasteiger partial charge on any atom is 0.317 e. The Hall–Kier alpha value is -4.84. The van der Waals surface area contributed by atoms with Gasteiger partial charge < -0.3 is 64.2 Å². The van der Waals surface area contributed by atoms with Crippen LogP contribution in [-0.4, -0.2) is 95.7 Å². The molecule has 8 atom stereocenters. The molecule has 16 heteroatoms. The number of carboxylic acids is 1. The molecule has 3 aromatic rings. The average molecular weight is 780 g/mol. The van der Waals surface area contributed by atoms with Crippen LogP contribution in [0.2, 0.25) is 0 Å². The van der Waals surface area contributed by atoms with Crippen molar-refractivity contribution < 1.29 is 72.9 Å². The largest absolute Gasteiger partial charge is 0.508 e.